The van der Waals surface area contributed by atoms with E-state index in [1.165, 1.54) is 5.56 Å². The number of ether oxygens (including phenoxy) is 1. The Bertz CT molecular complexity index is 600. The highest BCUT2D eigenvalue weighted by Crippen LogP contribution is 2.34. The van der Waals surface area contributed by atoms with Crippen molar-refractivity contribution in [3.8, 4) is 0 Å². The zero-order valence-corrected chi connectivity index (χ0v) is 12.5. The molecule has 0 spiro atoms. The molecule has 0 bridgehead atoms. The van der Waals surface area contributed by atoms with Gasteiger partial charge in [0.25, 0.3) is 0 Å². The third kappa shape index (κ3) is 3.22. The van der Waals surface area contributed by atoms with Crippen LogP contribution in [0.4, 0.5) is 5.82 Å². The molecule has 4 nitrogen and oxygen atoms in total. The van der Waals surface area contributed by atoms with Gasteiger partial charge in [-0.05, 0) is 37.5 Å². The Morgan fingerprint density at radius 1 is 1.19 bits per heavy atom. The van der Waals surface area contributed by atoms with Gasteiger partial charge in [-0.1, -0.05) is 30.3 Å². The van der Waals surface area contributed by atoms with Gasteiger partial charge < -0.3 is 10.1 Å². The largest absolute Gasteiger partial charge is 0.373 e. The first-order chi connectivity index (χ1) is 10.2. The molecule has 0 saturated carbocycles. The van der Waals surface area contributed by atoms with Crippen LogP contribution in [0.3, 0.4) is 0 Å². The number of nitrogens with zero attached hydrogens (tertiary/aromatic N) is 2. The summed E-state index contributed by atoms with van der Waals surface area (Å²) in [6, 6.07) is 12.5. The van der Waals surface area contributed by atoms with E-state index in [-0.39, 0.29) is 6.10 Å². The standard InChI is InChI=1S/C17H21N3O/c1-12-10-16(20-19-13(12)2)18-11-15-8-9-21-17(15)14-6-4-3-5-7-14/h3-7,10,15,17H,8-9,11H2,1-2H3,(H,18,20)/t15-,17-/m1/s1. The van der Waals surface area contributed by atoms with Crippen molar-refractivity contribution in [3.63, 3.8) is 0 Å². The minimum absolute atomic E-state index is 0.179. The molecule has 2 heterocycles. The summed E-state index contributed by atoms with van der Waals surface area (Å²) in [6.45, 7) is 5.71. The maximum atomic E-state index is 5.91. The first-order valence-electron chi connectivity index (χ1n) is 7.45. The molecule has 21 heavy (non-hydrogen) atoms. The molecule has 2 aromatic rings. The molecule has 0 unspecified atom stereocenters. The molecule has 1 aromatic heterocycles. The molecule has 3 rings (SSSR count). The van der Waals surface area contributed by atoms with Crippen LogP contribution in [-0.2, 0) is 4.74 Å². The molecule has 1 N–H and O–H groups in total. The second kappa shape index (κ2) is 6.22. The summed E-state index contributed by atoms with van der Waals surface area (Å²) >= 11 is 0. The van der Waals surface area contributed by atoms with Crippen LogP contribution < -0.4 is 5.32 Å². The van der Waals surface area contributed by atoms with E-state index in [1.807, 2.05) is 13.0 Å². The lowest BCUT2D eigenvalue weighted by atomic mass is 9.95. The molecule has 2 atom stereocenters. The van der Waals surface area contributed by atoms with E-state index in [1.54, 1.807) is 0 Å². The number of benzene rings is 1. The molecule has 0 aliphatic carbocycles. The van der Waals surface area contributed by atoms with Crippen LogP contribution >= 0.6 is 0 Å². The molecule has 4 heteroatoms. The van der Waals surface area contributed by atoms with E-state index in [0.717, 1.165) is 36.6 Å². The van der Waals surface area contributed by atoms with E-state index < -0.39 is 0 Å². The first-order valence-corrected chi connectivity index (χ1v) is 7.45. The van der Waals surface area contributed by atoms with E-state index >= 15 is 0 Å². The Kier molecular flexibility index (Phi) is 4.15. The van der Waals surface area contributed by atoms with Crippen LogP contribution in [0.25, 0.3) is 0 Å². The Morgan fingerprint density at radius 2 is 2.00 bits per heavy atom. The number of hydrogen-bond donors (Lipinski definition) is 1. The van der Waals surface area contributed by atoms with Crippen molar-refractivity contribution in [2.24, 2.45) is 5.92 Å². The number of aryl methyl sites for hydroxylation is 2. The predicted octanol–water partition coefficient (Wildman–Crippen LogP) is 3.28. The molecule has 1 saturated heterocycles. The van der Waals surface area contributed by atoms with Crippen molar-refractivity contribution in [1.29, 1.82) is 0 Å². The van der Waals surface area contributed by atoms with Crippen LogP contribution in [0.5, 0.6) is 0 Å². The van der Waals surface area contributed by atoms with Crippen molar-refractivity contribution in [2.75, 3.05) is 18.5 Å². The highest BCUT2D eigenvalue weighted by Gasteiger charge is 2.29. The van der Waals surface area contributed by atoms with Gasteiger partial charge in [-0.25, -0.2) is 0 Å². The zero-order chi connectivity index (χ0) is 14.7. The topological polar surface area (TPSA) is 47.0 Å². The van der Waals surface area contributed by atoms with Crippen molar-refractivity contribution in [2.45, 2.75) is 26.4 Å². The molecule has 1 aliphatic rings. The van der Waals surface area contributed by atoms with Gasteiger partial charge in [0.15, 0.2) is 0 Å². The molecule has 0 amide bonds. The average molecular weight is 283 g/mol. The minimum atomic E-state index is 0.179. The smallest absolute Gasteiger partial charge is 0.148 e. The third-order valence-corrected chi connectivity index (χ3v) is 4.12. The van der Waals surface area contributed by atoms with Gasteiger partial charge in [0.1, 0.15) is 5.82 Å². The van der Waals surface area contributed by atoms with Crippen LogP contribution in [0.1, 0.15) is 29.3 Å². The van der Waals surface area contributed by atoms with Gasteiger partial charge in [-0.15, -0.1) is 5.10 Å². The van der Waals surface area contributed by atoms with Crippen molar-refractivity contribution >= 4 is 5.82 Å². The van der Waals surface area contributed by atoms with E-state index in [9.17, 15) is 0 Å². The van der Waals surface area contributed by atoms with Gasteiger partial charge in [-0.3, -0.25) is 0 Å². The molecular weight excluding hydrogens is 262 g/mol. The summed E-state index contributed by atoms with van der Waals surface area (Å²) in [4.78, 5) is 0. The molecular formula is C17H21N3O. The summed E-state index contributed by atoms with van der Waals surface area (Å²) in [7, 11) is 0. The summed E-state index contributed by atoms with van der Waals surface area (Å²) in [5, 5.41) is 11.8. The second-order valence-corrected chi connectivity index (χ2v) is 5.63. The lowest BCUT2D eigenvalue weighted by Gasteiger charge is -2.19. The lowest BCUT2D eigenvalue weighted by Crippen LogP contribution is -2.18. The summed E-state index contributed by atoms with van der Waals surface area (Å²) < 4.78 is 5.91. The van der Waals surface area contributed by atoms with Crippen molar-refractivity contribution < 1.29 is 4.74 Å². The Morgan fingerprint density at radius 3 is 2.76 bits per heavy atom. The van der Waals surface area contributed by atoms with E-state index in [0.29, 0.717) is 5.92 Å². The number of rotatable bonds is 4. The highest BCUT2D eigenvalue weighted by molar-refractivity contribution is 5.37. The fourth-order valence-electron chi connectivity index (χ4n) is 2.72. The van der Waals surface area contributed by atoms with Gasteiger partial charge in [0.2, 0.25) is 0 Å². The molecule has 1 fully saturated rings. The number of anilines is 1. The normalized spacial score (nSPS) is 21.4. The summed E-state index contributed by atoms with van der Waals surface area (Å²) in [5.41, 5.74) is 3.40. The Balaban J connectivity index is 1.65. The second-order valence-electron chi connectivity index (χ2n) is 5.63. The first kappa shape index (κ1) is 14.0. The van der Waals surface area contributed by atoms with Gasteiger partial charge in [0.05, 0.1) is 11.8 Å². The van der Waals surface area contributed by atoms with Gasteiger partial charge in [-0.2, -0.15) is 5.10 Å². The third-order valence-electron chi connectivity index (χ3n) is 4.12. The van der Waals surface area contributed by atoms with Crippen LogP contribution in [0.2, 0.25) is 0 Å². The highest BCUT2D eigenvalue weighted by atomic mass is 16.5. The van der Waals surface area contributed by atoms with Crippen LogP contribution in [-0.4, -0.2) is 23.3 Å². The Labute approximate surface area is 125 Å². The maximum Gasteiger partial charge on any atom is 0.148 e. The van der Waals surface area contributed by atoms with E-state index in [2.05, 4.69) is 52.8 Å². The summed E-state index contributed by atoms with van der Waals surface area (Å²) in [5.74, 6) is 1.31. The molecule has 110 valence electrons. The fourth-order valence-corrected chi connectivity index (χ4v) is 2.72. The van der Waals surface area contributed by atoms with E-state index in [4.69, 9.17) is 4.74 Å². The Hall–Kier alpha value is -1.94. The minimum Gasteiger partial charge on any atom is -0.373 e. The monoisotopic (exact) mass is 283 g/mol. The number of nitrogens with one attached hydrogen (secondary N) is 1. The predicted molar refractivity (Wildman–Crippen MR) is 83.2 cm³/mol. The lowest BCUT2D eigenvalue weighted by molar-refractivity contribution is 0.0933. The number of hydrogen-bond acceptors (Lipinski definition) is 4. The quantitative estimate of drug-likeness (QED) is 0.935. The van der Waals surface area contributed by atoms with Gasteiger partial charge in [0, 0.05) is 19.1 Å². The zero-order valence-electron chi connectivity index (χ0n) is 12.5. The van der Waals surface area contributed by atoms with Crippen molar-refractivity contribution in [1.82, 2.24) is 10.2 Å². The molecule has 1 aliphatic heterocycles. The summed E-state index contributed by atoms with van der Waals surface area (Å²) in [6.07, 6.45) is 1.25. The van der Waals surface area contributed by atoms with Gasteiger partial charge >= 0.3 is 0 Å². The number of aromatic nitrogens is 2. The maximum absolute atomic E-state index is 5.91. The van der Waals surface area contributed by atoms with Crippen molar-refractivity contribution in [3.05, 3.63) is 53.2 Å². The average Bonchev–Trinajstić information content (AvgIpc) is 2.98. The molecule has 1 aromatic carbocycles. The SMILES string of the molecule is Cc1cc(NC[C@H]2CCO[C@@H]2c2ccccc2)nnc1C. The fraction of sp³-hybridized carbons (Fsp3) is 0.412. The molecule has 0 radical (unpaired) electrons. The van der Waals surface area contributed by atoms with Crippen LogP contribution in [0, 0.1) is 19.8 Å². The van der Waals surface area contributed by atoms with Crippen LogP contribution in [0.15, 0.2) is 36.4 Å².